The second-order valence-electron chi connectivity index (χ2n) is 7.87. The topological polar surface area (TPSA) is 91.0 Å². The number of amides is 4. The highest BCUT2D eigenvalue weighted by molar-refractivity contribution is 6.09. The quantitative estimate of drug-likeness (QED) is 0.632. The van der Waals surface area contributed by atoms with E-state index in [0.29, 0.717) is 17.9 Å². The van der Waals surface area contributed by atoms with Gasteiger partial charge in [-0.05, 0) is 44.3 Å². The molecule has 3 rings (SSSR count). The minimum atomic E-state index is -1.24. The lowest BCUT2D eigenvalue weighted by Gasteiger charge is -2.25. The van der Waals surface area contributed by atoms with Gasteiger partial charge in [-0.2, -0.15) is 0 Å². The van der Waals surface area contributed by atoms with Crippen molar-refractivity contribution in [1.29, 1.82) is 0 Å². The number of methoxy groups -OCH3 is 1. The van der Waals surface area contributed by atoms with Gasteiger partial charge in [-0.1, -0.05) is 42.5 Å². The van der Waals surface area contributed by atoms with Crippen LogP contribution < -0.4 is 15.4 Å². The van der Waals surface area contributed by atoms with Crippen molar-refractivity contribution in [2.24, 2.45) is 0 Å². The average Bonchev–Trinajstić information content (AvgIpc) is 2.98. The second kappa shape index (κ2) is 9.18. The van der Waals surface area contributed by atoms with E-state index in [1.807, 2.05) is 49.3 Å². The Morgan fingerprint density at radius 3 is 2.35 bits per heavy atom. The van der Waals surface area contributed by atoms with Gasteiger partial charge in [0, 0.05) is 6.54 Å². The zero-order valence-corrected chi connectivity index (χ0v) is 18.2. The van der Waals surface area contributed by atoms with Crippen molar-refractivity contribution in [3.63, 3.8) is 0 Å². The minimum absolute atomic E-state index is 0.0298. The Labute approximate surface area is 182 Å². The molecular weight excluding hydrogens is 396 g/mol. The van der Waals surface area contributed by atoms with E-state index >= 15 is 0 Å². The van der Waals surface area contributed by atoms with Crippen molar-refractivity contribution in [3.8, 4) is 5.75 Å². The predicted octanol–water partition coefficient (Wildman–Crippen LogP) is 1.88. The van der Waals surface area contributed by atoms with E-state index in [0.717, 1.165) is 10.5 Å². The number of likely N-dealkylation sites (N-methyl/N-ethyl adjacent to an activating group) is 1. The van der Waals surface area contributed by atoms with Crippen molar-refractivity contribution < 1.29 is 19.1 Å². The van der Waals surface area contributed by atoms with E-state index in [1.54, 1.807) is 38.3 Å². The molecular formula is C23H28N4O4. The third-order valence-electron chi connectivity index (χ3n) is 5.54. The van der Waals surface area contributed by atoms with Crippen LogP contribution >= 0.6 is 0 Å². The lowest BCUT2D eigenvalue weighted by Crippen LogP contribution is -2.44. The molecule has 1 heterocycles. The zero-order valence-electron chi connectivity index (χ0n) is 18.2. The van der Waals surface area contributed by atoms with Crippen LogP contribution in [0.3, 0.4) is 0 Å². The molecule has 2 aromatic carbocycles. The number of hydrogen-bond acceptors (Lipinski definition) is 5. The molecule has 2 atom stereocenters. The fourth-order valence-corrected chi connectivity index (χ4v) is 3.64. The van der Waals surface area contributed by atoms with Gasteiger partial charge in [-0.15, -0.1) is 0 Å². The third kappa shape index (κ3) is 4.69. The highest BCUT2D eigenvalue weighted by atomic mass is 16.5. The van der Waals surface area contributed by atoms with Crippen LogP contribution in [-0.2, 0) is 15.1 Å². The molecule has 0 spiro atoms. The first-order chi connectivity index (χ1) is 14.8. The number of carbonyl (C=O) groups excluding carboxylic acids is 3. The molecule has 1 fully saturated rings. The number of nitrogens with one attached hydrogen (secondary N) is 2. The van der Waals surface area contributed by atoms with Crippen LogP contribution in [-0.4, -0.2) is 61.9 Å². The smallest absolute Gasteiger partial charge is 0.325 e. The number of imide groups is 1. The lowest BCUT2D eigenvalue weighted by molar-refractivity contribution is -0.134. The molecule has 1 aliphatic heterocycles. The first-order valence-electron chi connectivity index (χ1n) is 10.0. The van der Waals surface area contributed by atoms with Crippen molar-refractivity contribution in [1.82, 2.24) is 20.4 Å². The molecule has 0 aliphatic carbocycles. The van der Waals surface area contributed by atoms with E-state index in [2.05, 4.69) is 10.6 Å². The summed E-state index contributed by atoms with van der Waals surface area (Å²) >= 11 is 0. The van der Waals surface area contributed by atoms with Crippen molar-refractivity contribution in [3.05, 3.63) is 65.7 Å². The monoisotopic (exact) mass is 424 g/mol. The summed E-state index contributed by atoms with van der Waals surface area (Å²) in [4.78, 5) is 41.0. The standard InChI is InChI=1S/C23H28N4O4/c1-23(17-10-12-18(31-4)13-11-17)21(29)27(22(30)25-23)15-20(28)24-14-19(26(2)3)16-8-6-5-7-9-16/h5-13,19H,14-15H2,1-4H3,(H,24,28)(H,25,30). The molecule has 4 amide bonds. The number of urea groups is 1. The summed E-state index contributed by atoms with van der Waals surface area (Å²) in [7, 11) is 5.42. The molecule has 8 heteroatoms. The fourth-order valence-electron chi connectivity index (χ4n) is 3.64. The Balaban J connectivity index is 1.65. The molecule has 8 nitrogen and oxygen atoms in total. The number of nitrogens with zero attached hydrogens (tertiary/aromatic N) is 2. The summed E-state index contributed by atoms with van der Waals surface area (Å²) in [6.45, 7) is 1.64. The summed E-state index contributed by atoms with van der Waals surface area (Å²) in [6, 6.07) is 16.1. The molecule has 0 saturated carbocycles. The normalized spacial score (nSPS) is 19.3. The molecule has 164 valence electrons. The molecule has 0 radical (unpaired) electrons. The second-order valence-corrected chi connectivity index (χ2v) is 7.87. The molecule has 0 bridgehead atoms. The number of carbonyl (C=O) groups is 3. The van der Waals surface area contributed by atoms with Gasteiger partial charge in [-0.3, -0.25) is 14.5 Å². The maximum Gasteiger partial charge on any atom is 0.325 e. The Hall–Kier alpha value is -3.39. The minimum Gasteiger partial charge on any atom is -0.497 e. The van der Waals surface area contributed by atoms with Crippen LogP contribution in [0.5, 0.6) is 5.75 Å². The maximum atomic E-state index is 13.0. The van der Waals surface area contributed by atoms with Crippen LogP contribution in [0.1, 0.15) is 24.1 Å². The highest BCUT2D eigenvalue weighted by Gasteiger charge is 2.49. The number of ether oxygens (including phenoxy) is 1. The Bertz CT molecular complexity index is 946. The Morgan fingerprint density at radius 2 is 1.77 bits per heavy atom. The summed E-state index contributed by atoms with van der Waals surface area (Å²) in [5, 5.41) is 5.55. The largest absolute Gasteiger partial charge is 0.497 e. The first-order valence-corrected chi connectivity index (χ1v) is 10.0. The van der Waals surface area contributed by atoms with Crippen LogP contribution in [0, 0.1) is 0 Å². The van der Waals surface area contributed by atoms with Crippen molar-refractivity contribution in [2.45, 2.75) is 18.5 Å². The average molecular weight is 425 g/mol. The highest BCUT2D eigenvalue weighted by Crippen LogP contribution is 2.30. The van der Waals surface area contributed by atoms with Crippen LogP contribution in [0.25, 0.3) is 0 Å². The number of rotatable bonds is 8. The van der Waals surface area contributed by atoms with E-state index in [4.69, 9.17) is 4.74 Å². The number of benzene rings is 2. The molecule has 31 heavy (non-hydrogen) atoms. The van der Waals surface area contributed by atoms with Crippen molar-refractivity contribution in [2.75, 3.05) is 34.3 Å². The van der Waals surface area contributed by atoms with E-state index in [1.165, 1.54) is 0 Å². The van der Waals surface area contributed by atoms with Gasteiger partial charge in [0.2, 0.25) is 5.91 Å². The van der Waals surface area contributed by atoms with Crippen molar-refractivity contribution >= 4 is 17.8 Å². The van der Waals surface area contributed by atoms with Gasteiger partial charge in [0.1, 0.15) is 17.8 Å². The predicted molar refractivity (Wildman–Crippen MR) is 116 cm³/mol. The molecule has 1 saturated heterocycles. The summed E-state index contributed by atoms with van der Waals surface area (Å²) in [5.41, 5.74) is 0.445. The Kier molecular flexibility index (Phi) is 6.60. The molecule has 1 aliphatic rings. The first kappa shape index (κ1) is 22.3. The maximum absolute atomic E-state index is 13.0. The van der Waals surface area contributed by atoms with Gasteiger partial charge < -0.3 is 20.3 Å². The Morgan fingerprint density at radius 1 is 1.13 bits per heavy atom. The van der Waals surface area contributed by atoms with E-state index in [9.17, 15) is 14.4 Å². The van der Waals surface area contributed by atoms with Gasteiger partial charge >= 0.3 is 6.03 Å². The SMILES string of the molecule is COc1ccc(C2(C)NC(=O)N(CC(=O)NCC(c3ccccc3)N(C)C)C2=O)cc1. The number of hydrogen-bond donors (Lipinski definition) is 2. The summed E-state index contributed by atoms with van der Waals surface area (Å²) < 4.78 is 5.14. The molecule has 2 unspecified atom stereocenters. The van der Waals surface area contributed by atoms with E-state index < -0.39 is 23.4 Å². The zero-order chi connectivity index (χ0) is 22.6. The fraction of sp³-hybridized carbons (Fsp3) is 0.348. The lowest BCUT2D eigenvalue weighted by atomic mass is 9.92. The van der Waals surface area contributed by atoms with Gasteiger partial charge in [0.25, 0.3) is 5.91 Å². The van der Waals surface area contributed by atoms with Crippen LogP contribution in [0.4, 0.5) is 4.79 Å². The summed E-state index contributed by atoms with van der Waals surface area (Å²) in [6.07, 6.45) is 0. The van der Waals surface area contributed by atoms with Gasteiger partial charge in [-0.25, -0.2) is 4.79 Å². The van der Waals surface area contributed by atoms with Gasteiger partial charge in [0.15, 0.2) is 0 Å². The molecule has 0 aromatic heterocycles. The van der Waals surface area contributed by atoms with E-state index in [-0.39, 0.29) is 12.6 Å². The van der Waals surface area contributed by atoms with Crippen LogP contribution in [0.2, 0.25) is 0 Å². The third-order valence-corrected chi connectivity index (χ3v) is 5.54. The van der Waals surface area contributed by atoms with Gasteiger partial charge in [0.05, 0.1) is 13.2 Å². The van der Waals surface area contributed by atoms with Crippen LogP contribution in [0.15, 0.2) is 54.6 Å². The molecule has 2 aromatic rings. The molecule has 2 N–H and O–H groups in total. The summed E-state index contributed by atoms with van der Waals surface area (Å²) in [5.74, 6) is -0.218.